The summed E-state index contributed by atoms with van der Waals surface area (Å²) in [6.07, 6.45) is 3.17. The summed E-state index contributed by atoms with van der Waals surface area (Å²) in [4.78, 5) is 34.1. The van der Waals surface area contributed by atoms with E-state index in [1.54, 1.807) is 44.4 Å². The number of nitrogens with one attached hydrogen (secondary N) is 1. The number of rotatable bonds is 14. The van der Waals surface area contributed by atoms with Crippen LogP contribution < -0.4 is 9.47 Å². The summed E-state index contributed by atoms with van der Waals surface area (Å²) in [5, 5.41) is 1.82. The van der Waals surface area contributed by atoms with Gasteiger partial charge in [0.1, 0.15) is 6.54 Å². The van der Waals surface area contributed by atoms with Gasteiger partial charge in [0, 0.05) is 66.1 Å². The van der Waals surface area contributed by atoms with E-state index in [-0.39, 0.29) is 18.4 Å². The van der Waals surface area contributed by atoms with Gasteiger partial charge in [-0.3, -0.25) is 9.59 Å². The molecule has 0 fully saturated rings. The van der Waals surface area contributed by atoms with Crippen LogP contribution in [0.15, 0.2) is 66.9 Å². The van der Waals surface area contributed by atoms with Crippen LogP contribution in [0.2, 0.25) is 10.0 Å². The highest BCUT2D eigenvalue weighted by Gasteiger charge is 2.24. The molecule has 10 heteroatoms. The lowest BCUT2D eigenvalue weighted by molar-refractivity contribution is -0.132. The number of halogens is 2. The summed E-state index contributed by atoms with van der Waals surface area (Å²) in [5.41, 5.74) is 3.35. The largest absolute Gasteiger partial charge is 0.493 e. The molecule has 4 rings (SSSR count). The van der Waals surface area contributed by atoms with Gasteiger partial charge < -0.3 is 29.0 Å². The van der Waals surface area contributed by atoms with Crippen molar-refractivity contribution in [1.82, 2.24) is 14.8 Å². The smallest absolute Gasteiger partial charge is 0.254 e. The minimum atomic E-state index is -0.327. The van der Waals surface area contributed by atoms with E-state index in [0.29, 0.717) is 66.2 Å². The Balaban J connectivity index is 1.60. The quantitative estimate of drug-likeness (QED) is 0.171. The van der Waals surface area contributed by atoms with Crippen LogP contribution in [0.25, 0.3) is 10.9 Å². The molecule has 42 heavy (non-hydrogen) atoms. The van der Waals surface area contributed by atoms with E-state index < -0.39 is 0 Å². The van der Waals surface area contributed by atoms with Crippen LogP contribution in [0.1, 0.15) is 27.9 Å². The molecule has 0 unspecified atom stereocenters. The summed E-state index contributed by atoms with van der Waals surface area (Å²) >= 11 is 12.4. The number of para-hydroxylation sites is 1. The SMILES string of the molecule is COCCCN(CC(=O)N(CCc1c[nH]c2ccccc12)Cc1ccc(OC)c(OC)c1)C(=O)c1cc(Cl)cc(Cl)c1. The summed E-state index contributed by atoms with van der Waals surface area (Å²) in [5.74, 6) is 0.663. The van der Waals surface area contributed by atoms with E-state index in [4.69, 9.17) is 37.4 Å². The number of hydrogen-bond acceptors (Lipinski definition) is 5. The molecule has 0 radical (unpaired) electrons. The van der Waals surface area contributed by atoms with Crippen molar-refractivity contribution in [1.29, 1.82) is 0 Å². The maximum atomic E-state index is 13.9. The average Bonchev–Trinajstić information content (AvgIpc) is 3.40. The Bertz CT molecular complexity index is 1500. The molecule has 0 bridgehead atoms. The van der Waals surface area contributed by atoms with Gasteiger partial charge in [0.15, 0.2) is 11.5 Å². The molecule has 0 saturated heterocycles. The lowest BCUT2D eigenvalue weighted by Crippen LogP contribution is -2.44. The first-order valence-corrected chi connectivity index (χ1v) is 14.4. The number of amides is 2. The second-order valence-corrected chi connectivity index (χ2v) is 10.7. The molecule has 0 aliphatic carbocycles. The Morgan fingerprint density at radius 3 is 2.31 bits per heavy atom. The maximum Gasteiger partial charge on any atom is 0.254 e. The lowest BCUT2D eigenvalue weighted by atomic mass is 10.1. The standard InChI is InChI=1S/C32H35Cl2N3O5/c1-40-14-6-12-37(32(39)24-16-25(33)18-26(34)17-24)21-31(38)36(20-22-9-10-29(41-2)30(15-22)42-3)13-11-23-19-35-28-8-5-4-7-27(23)28/h4-5,7-10,15-19,35H,6,11-14,20-21H2,1-3H3. The van der Waals surface area contributed by atoms with Gasteiger partial charge in [-0.15, -0.1) is 0 Å². The zero-order chi connectivity index (χ0) is 30.1. The number of nitrogens with zero attached hydrogens (tertiary/aromatic N) is 2. The molecule has 0 aliphatic rings. The van der Waals surface area contributed by atoms with Crippen LogP contribution in [0.4, 0.5) is 0 Å². The van der Waals surface area contributed by atoms with Crippen LogP contribution in [0.5, 0.6) is 11.5 Å². The molecular weight excluding hydrogens is 577 g/mol. The predicted molar refractivity (Wildman–Crippen MR) is 166 cm³/mol. The highest BCUT2D eigenvalue weighted by molar-refractivity contribution is 6.35. The van der Waals surface area contributed by atoms with E-state index in [1.165, 1.54) is 4.90 Å². The fraction of sp³-hybridized carbons (Fsp3) is 0.312. The Morgan fingerprint density at radius 2 is 1.60 bits per heavy atom. The van der Waals surface area contributed by atoms with Gasteiger partial charge in [0.25, 0.3) is 5.91 Å². The Hall–Kier alpha value is -3.72. The third kappa shape index (κ3) is 7.97. The van der Waals surface area contributed by atoms with Crippen LogP contribution in [-0.2, 0) is 22.5 Å². The van der Waals surface area contributed by atoms with E-state index >= 15 is 0 Å². The van der Waals surface area contributed by atoms with E-state index in [1.807, 2.05) is 42.6 Å². The Morgan fingerprint density at radius 1 is 0.857 bits per heavy atom. The number of ether oxygens (including phenoxy) is 3. The Labute approximate surface area is 256 Å². The minimum absolute atomic E-state index is 0.117. The van der Waals surface area contributed by atoms with E-state index in [0.717, 1.165) is 22.0 Å². The molecule has 1 N–H and O–H groups in total. The number of benzene rings is 3. The van der Waals surface area contributed by atoms with Crippen LogP contribution in [0, 0.1) is 0 Å². The van der Waals surface area contributed by atoms with Crippen molar-refractivity contribution in [2.75, 3.05) is 47.6 Å². The van der Waals surface area contributed by atoms with Crippen molar-refractivity contribution < 1.29 is 23.8 Å². The summed E-state index contributed by atoms with van der Waals surface area (Å²) in [6, 6.07) is 18.3. The van der Waals surface area contributed by atoms with E-state index in [2.05, 4.69) is 11.1 Å². The topological polar surface area (TPSA) is 84.1 Å². The van der Waals surface area contributed by atoms with Crippen LogP contribution in [0.3, 0.4) is 0 Å². The number of aromatic amines is 1. The monoisotopic (exact) mass is 611 g/mol. The maximum absolute atomic E-state index is 13.9. The normalized spacial score (nSPS) is 11.0. The second-order valence-electron chi connectivity index (χ2n) is 9.85. The zero-order valence-electron chi connectivity index (χ0n) is 24.0. The third-order valence-electron chi connectivity index (χ3n) is 7.00. The number of carbonyl (C=O) groups is 2. The van der Waals surface area contributed by atoms with Gasteiger partial charge in [0.2, 0.25) is 5.91 Å². The van der Waals surface area contributed by atoms with Crippen molar-refractivity contribution in [3.63, 3.8) is 0 Å². The number of methoxy groups -OCH3 is 3. The first-order chi connectivity index (χ1) is 20.3. The van der Waals surface area contributed by atoms with Crippen molar-refractivity contribution in [2.45, 2.75) is 19.4 Å². The third-order valence-corrected chi connectivity index (χ3v) is 7.44. The Kier molecular flexibility index (Phi) is 11.1. The highest BCUT2D eigenvalue weighted by atomic mass is 35.5. The number of H-pyrrole nitrogens is 1. The minimum Gasteiger partial charge on any atom is -0.493 e. The molecular formula is C32H35Cl2N3O5. The average molecular weight is 613 g/mol. The summed E-state index contributed by atoms with van der Waals surface area (Å²) < 4.78 is 16.1. The lowest BCUT2D eigenvalue weighted by Gasteiger charge is -2.28. The molecule has 1 heterocycles. The summed E-state index contributed by atoms with van der Waals surface area (Å²) in [6.45, 7) is 1.43. The molecule has 8 nitrogen and oxygen atoms in total. The number of carbonyl (C=O) groups excluding carboxylic acids is 2. The highest BCUT2D eigenvalue weighted by Crippen LogP contribution is 2.28. The van der Waals surface area contributed by atoms with Gasteiger partial charge in [-0.2, -0.15) is 0 Å². The predicted octanol–water partition coefficient (Wildman–Crippen LogP) is 6.24. The molecule has 0 atom stereocenters. The molecule has 1 aromatic heterocycles. The van der Waals surface area contributed by atoms with Gasteiger partial charge in [-0.1, -0.05) is 47.5 Å². The molecule has 0 saturated carbocycles. The fourth-order valence-corrected chi connectivity index (χ4v) is 5.39. The van der Waals surface area contributed by atoms with Crippen molar-refractivity contribution >= 4 is 45.9 Å². The molecule has 2 amide bonds. The van der Waals surface area contributed by atoms with Gasteiger partial charge in [-0.25, -0.2) is 0 Å². The van der Waals surface area contributed by atoms with Crippen LogP contribution in [-0.4, -0.2) is 74.2 Å². The number of hydrogen-bond donors (Lipinski definition) is 1. The van der Waals surface area contributed by atoms with E-state index in [9.17, 15) is 9.59 Å². The van der Waals surface area contributed by atoms with Crippen molar-refractivity contribution in [2.24, 2.45) is 0 Å². The number of fused-ring (bicyclic) bond motifs is 1. The molecule has 0 spiro atoms. The number of aromatic nitrogens is 1. The first kappa shape index (κ1) is 31.2. The zero-order valence-corrected chi connectivity index (χ0v) is 25.5. The van der Waals surface area contributed by atoms with Gasteiger partial charge in [-0.05, 0) is 60.4 Å². The summed E-state index contributed by atoms with van der Waals surface area (Å²) in [7, 11) is 4.76. The van der Waals surface area contributed by atoms with Crippen molar-refractivity contribution in [3.05, 3.63) is 93.6 Å². The molecule has 222 valence electrons. The van der Waals surface area contributed by atoms with Gasteiger partial charge in [0.05, 0.1) is 14.2 Å². The van der Waals surface area contributed by atoms with Gasteiger partial charge >= 0.3 is 0 Å². The molecule has 4 aromatic rings. The molecule has 3 aromatic carbocycles. The fourth-order valence-electron chi connectivity index (χ4n) is 4.86. The molecule has 0 aliphatic heterocycles. The van der Waals surface area contributed by atoms with Crippen LogP contribution >= 0.6 is 23.2 Å². The van der Waals surface area contributed by atoms with Crippen molar-refractivity contribution in [3.8, 4) is 11.5 Å². The first-order valence-electron chi connectivity index (χ1n) is 13.6. The second kappa shape index (κ2) is 15.0.